The van der Waals surface area contributed by atoms with Crippen molar-refractivity contribution in [3.63, 3.8) is 0 Å². The highest BCUT2D eigenvalue weighted by Gasteiger charge is 2.34. The maximum atomic E-state index is 14.8. The quantitative estimate of drug-likeness (QED) is 0.463. The van der Waals surface area contributed by atoms with E-state index in [4.69, 9.17) is 0 Å². The molecule has 2 aromatic heterocycles. The monoisotopic (exact) mass is 448 g/mol. The maximum Gasteiger partial charge on any atom is 0.262 e. The van der Waals surface area contributed by atoms with Crippen LogP contribution in [0.5, 0.6) is 0 Å². The van der Waals surface area contributed by atoms with E-state index >= 15 is 0 Å². The first-order chi connectivity index (χ1) is 15.9. The number of imidazole rings is 1. The summed E-state index contributed by atoms with van der Waals surface area (Å²) in [5, 5.41) is 3.15. The fourth-order valence-corrected chi connectivity index (χ4v) is 4.40. The van der Waals surface area contributed by atoms with E-state index in [0.29, 0.717) is 17.0 Å². The molecule has 5 rings (SSSR count). The number of H-pyrrole nitrogens is 1. The lowest BCUT2D eigenvalue weighted by molar-refractivity contribution is 0.0931. The van der Waals surface area contributed by atoms with Crippen LogP contribution in [0.1, 0.15) is 46.2 Å². The van der Waals surface area contributed by atoms with Gasteiger partial charge in [0.15, 0.2) is 0 Å². The zero-order valence-corrected chi connectivity index (χ0v) is 17.9. The van der Waals surface area contributed by atoms with Crippen molar-refractivity contribution in [2.45, 2.75) is 32.4 Å². The summed E-state index contributed by atoms with van der Waals surface area (Å²) in [6.07, 6.45) is 4.92. The molecule has 1 atom stereocenters. The summed E-state index contributed by atoms with van der Waals surface area (Å²) in [7, 11) is 0. The second-order valence-electron chi connectivity index (χ2n) is 8.43. The van der Waals surface area contributed by atoms with Gasteiger partial charge in [-0.25, -0.2) is 13.8 Å². The summed E-state index contributed by atoms with van der Waals surface area (Å²) in [5.41, 5.74) is 1.46. The molecule has 0 radical (unpaired) electrons. The molecule has 168 valence electrons. The molecule has 0 spiro atoms. The third kappa shape index (κ3) is 3.92. The molecular weight excluding hydrogens is 426 g/mol. The van der Waals surface area contributed by atoms with Crippen molar-refractivity contribution in [2.75, 3.05) is 0 Å². The lowest BCUT2D eigenvalue weighted by Crippen LogP contribution is -2.34. The molecule has 33 heavy (non-hydrogen) atoms. The number of nitrogens with one attached hydrogen (secondary N) is 2. The van der Waals surface area contributed by atoms with Gasteiger partial charge in [0.2, 0.25) is 0 Å². The average Bonchev–Trinajstić information content (AvgIpc) is 3.50. The van der Waals surface area contributed by atoms with Crippen LogP contribution in [0, 0.1) is 24.5 Å². The van der Waals surface area contributed by atoms with Crippen LogP contribution in [0.15, 0.2) is 59.8 Å². The molecule has 6 nitrogen and oxygen atoms in total. The maximum absolute atomic E-state index is 14.8. The molecule has 2 aromatic carbocycles. The summed E-state index contributed by atoms with van der Waals surface area (Å²) in [6.45, 7) is 1.79. The van der Waals surface area contributed by atoms with Crippen LogP contribution in [0.3, 0.4) is 0 Å². The van der Waals surface area contributed by atoms with Gasteiger partial charge in [-0.2, -0.15) is 0 Å². The van der Waals surface area contributed by atoms with E-state index in [9.17, 15) is 18.4 Å². The minimum absolute atomic E-state index is 0.116. The summed E-state index contributed by atoms with van der Waals surface area (Å²) in [6, 6.07) is 10.1. The van der Waals surface area contributed by atoms with Crippen molar-refractivity contribution in [3.05, 3.63) is 99.5 Å². The molecule has 2 N–H and O–H groups in total. The van der Waals surface area contributed by atoms with E-state index in [1.165, 1.54) is 35.2 Å². The standard InChI is InChI=1S/C25H22F2N4O2/c1-14-21(24(32)30-23(15-8-9-15)16-4-2-5-17(26)10-16)19-6-3-7-20(27)22(19)25(33)31(14)12-18-11-28-13-29-18/h2-7,10-11,13,15,23H,8-9,12H2,1H3,(H,28,29)(H,30,32)/t23-/m0/s1. The largest absolute Gasteiger partial charge is 0.347 e. The Balaban J connectivity index is 1.62. The van der Waals surface area contributed by atoms with Gasteiger partial charge in [-0.1, -0.05) is 24.3 Å². The topological polar surface area (TPSA) is 79.8 Å². The smallest absolute Gasteiger partial charge is 0.262 e. The molecule has 1 aliphatic rings. The summed E-state index contributed by atoms with van der Waals surface area (Å²) in [4.78, 5) is 33.7. The molecule has 4 aromatic rings. The highest BCUT2D eigenvalue weighted by atomic mass is 19.1. The average molecular weight is 448 g/mol. The Morgan fingerprint density at radius 2 is 2.03 bits per heavy atom. The van der Waals surface area contributed by atoms with Crippen LogP contribution in [0.25, 0.3) is 10.8 Å². The third-order valence-electron chi connectivity index (χ3n) is 6.21. The number of aromatic amines is 1. The number of amides is 1. The van der Waals surface area contributed by atoms with Gasteiger partial charge in [0.25, 0.3) is 11.5 Å². The van der Waals surface area contributed by atoms with Gasteiger partial charge >= 0.3 is 0 Å². The lowest BCUT2D eigenvalue weighted by Gasteiger charge is -2.22. The molecule has 2 heterocycles. The van der Waals surface area contributed by atoms with E-state index in [1.807, 2.05) is 0 Å². The van der Waals surface area contributed by atoms with E-state index < -0.39 is 17.3 Å². The molecule has 1 aliphatic carbocycles. The number of hydrogen-bond acceptors (Lipinski definition) is 3. The number of carbonyl (C=O) groups is 1. The Morgan fingerprint density at radius 3 is 2.73 bits per heavy atom. The Kier molecular flexibility index (Phi) is 5.28. The number of hydrogen-bond donors (Lipinski definition) is 2. The summed E-state index contributed by atoms with van der Waals surface area (Å²) < 4.78 is 30.0. The Labute approximate surface area is 188 Å². The molecule has 0 aliphatic heterocycles. The first-order valence-corrected chi connectivity index (χ1v) is 10.8. The number of carbonyl (C=O) groups excluding carboxylic acids is 1. The highest BCUT2D eigenvalue weighted by molar-refractivity contribution is 6.08. The van der Waals surface area contributed by atoms with Gasteiger partial charge in [0.1, 0.15) is 11.6 Å². The number of fused-ring (bicyclic) bond motifs is 1. The Hall–Kier alpha value is -3.81. The third-order valence-corrected chi connectivity index (χ3v) is 6.21. The zero-order chi connectivity index (χ0) is 23.1. The number of nitrogens with zero attached hydrogens (tertiary/aromatic N) is 2. The number of pyridine rings is 1. The zero-order valence-electron chi connectivity index (χ0n) is 17.9. The van der Waals surface area contributed by atoms with Crippen molar-refractivity contribution in [1.82, 2.24) is 19.9 Å². The van der Waals surface area contributed by atoms with E-state index in [1.54, 1.807) is 31.3 Å². The van der Waals surface area contributed by atoms with Crippen molar-refractivity contribution in [1.29, 1.82) is 0 Å². The molecule has 1 fully saturated rings. The number of aromatic nitrogens is 3. The number of halogens is 2. The van der Waals surface area contributed by atoms with Gasteiger partial charge in [-0.15, -0.1) is 0 Å². The van der Waals surface area contributed by atoms with Crippen LogP contribution in [0.4, 0.5) is 8.78 Å². The number of rotatable bonds is 6. The van der Waals surface area contributed by atoms with Crippen molar-refractivity contribution >= 4 is 16.7 Å². The Bertz CT molecular complexity index is 1410. The van der Waals surface area contributed by atoms with E-state index in [-0.39, 0.29) is 40.7 Å². The van der Waals surface area contributed by atoms with Crippen LogP contribution in [0.2, 0.25) is 0 Å². The van der Waals surface area contributed by atoms with Crippen LogP contribution < -0.4 is 10.9 Å². The first kappa shape index (κ1) is 21.1. The summed E-state index contributed by atoms with van der Waals surface area (Å²) >= 11 is 0. The van der Waals surface area contributed by atoms with Gasteiger partial charge in [-0.3, -0.25) is 9.59 Å². The minimum atomic E-state index is -0.686. The second-order valence-corrected chi connectivity index (χ2v) is 8.43. The van der Waals surface area contributed by atoms with Gasteiger partial charge in [0.05, 0.1) is 35.6 Å². The van der Waals surface area contributed by atoms with E-state index in [2.05, 4.69) is 15.3 Å². The Morgan fingerprint density at radius 1 is 1.24 bits per heavy atom. The normalized spacial score (nSPS) is 14.4. The molecule has 0 saturated heterocycles. The van der Waals surface area contributed by atoms with Crippen LogP contribution >= 0.6 is 0 Å². The molecule has 8 heteroatoms. The SMILES string of the molecule is Cc1c(C(=O)N[C@H](c2cccc(F)c2)C2CC2)c2cccc(F)c2c(=O)n1Cc1cnc[nH]1. The van der Waals surface area contributed by atoms with Crippen molar-refractivity contribution in [2.24, 2.45) is 5.92 Å². The lowest BCUT2D eigenvalue weighted by atomic mass is 9.99. The summed E-state index contributed by atoms with van der Waals surface area (Å²) in [5.74, 6) is -1.28. The number of benzene rings is 2. The highest BCUT2D eigenvalue weighted by Crippen LogP contribution is 2.41. The van der Waals surface area contributed by atoms with Gasteiger partial charge < -0.3 is 14.9 Å². The van der Waals surface area contributed by atoms with Crippen molar-refractivity contribution in [3.8, 4) is 0 Å². The first-order valence-electron chi connectivity index (χ1n) is 10.8. The predicted molar refractivity (Wildman–Crippen MR) is 120 cm³/mol. The second kappa shape index (κ2) is 8.27. The molecule has 0 unspecified atom stereocenters. The van der Waals surface area contributed by atoms with Crippen LogP contribution in [-0.2, 0) is 6.54 Å². The molecular formula is C25H22F2N4O2. The van der Waals surface area contributed by atoms with Gasteiger partial charge in [0, 0.05) is 17.3 Å². The predicted octanol–water partition coefficient (Wildman–Crippen LogP) is 4.24. The van der Waals surface area contributed by atoms with Crippen molar-refractivity contribution < 1.29 is 13.6 Å². The fraction of sp³-hybridized carbons (Fsp3) is 0.240. The van der Waals surface area contributed by atoms with E-state index in [0.717, 1.165) is 12.8 Å². The molecule has 1 saturated carbocycles. The molecule has 0 bridgehead atoms. The minimum Gasteiger partial charge on any atom is -0.347 e. The van der Waals surface area contributed by atoms with Gasteiger partial charge in [-0.05, 0) is 49.4 Å². The molecule has 1 amide bonds. The fourth-order valence-electron chi connectivity index (χ4n) is 4.40. The van der Waals surface area contributed by atoms with Crippen LogP contribution in [-0.4, -0.2) is 20.4 Å².